The number of hydrogen-bond donors (Lipinski definition) is 0. The SMILES string of the molecule is O=C(CC(CF)c1ccccc1)c1ccccc1. The number of carbonyl (C=O) groups is 1. The molecule has 0 bridgehead atoms. The molecule has 1 nitrogen and oxygen atoms in total. The molecule has 0 aliphatic carbocycles. The van der Waals surface area contributed by atoms with Crippen LogP contribution in [0.3, 0.4) is 0 Å². The lowest BCUT2D eigenvalue weighted by molar-refractivity contribution is 0.0969. The molecule has 2 aromatic rings. The minimum absolute atomic E-state index is 0.0119. The lowest BCUT2D eigenvalue weighted by Gasteiger charge is -2.12. The smallest absolute Gasteiger partial charge is 0.163 e. The van der Waals surface area contributed by atoms with Crippen LogP contribution < -0.4 is 0 Å². The summed E-state index contributed by atoms with van der Waals surface area (Å²) < 4.78 is 13.1. The molecule has 0 aromatic heterocycles. The van der Waals surface area contributed by atoms with Crippen LogP contribution in [0.15, 0.2) is 60.7 Å². The predicted molar refractivity (Wildman–Crippen MR) is 70.5 cm³/mol. The van der Waals surface area contributed by atoms with Gasteiger partial charge >= 0.3 is 0 Å². The van der Waals surface area contributed by atoms with Gasteiger partial charge in [0.1, 0.15) is 0 Å². The normalized spacial score (nSPS) is 12.1. The molecule has 0 N–H and O–H groups in total. The molecule has 0 heterocycles. The van der Waals surface area contributed by atoms with Gasteiger partial charge < -0.3 is 0 Å². The molecule has 1 unspecified atom stereocenters. The zero-order valence-corrected chi connectivity index (χ0v) is 10.1. The Kier molecular flexibility index (Phi) is 4.24. The van der Waals surface area contributed by atoms with Gasteiger partial charge in [-0.15, -0.1) is 0 Å². The molecule has 1 atom stereocenters. The van der Waals surface area contributed by atoms with Crippen LogP contribution >= 0.6 is 0 Å². The van der Waals surface area contributed by atoms with Crippen LogP contribution in [0.2, 0.25) is 0 Å². The monoisotopic (exact) mass is 242 g/mol. The minimum Gasteiger partial charge on any atom is -0.294 e. The fraction of sp³-hybridized carbons (Fsp3) is 0.188. The molecular formula is C16H15FO. The van der Waals surface area contributed by atoms with Crippen LogP contribution in [0.5, 0.6) is 0 Å². The van der Waals surface area contributed by atoms with Gasteiger partial charge in [-0.25, -0.2) is 0 Å². The van der Waals surface area contributed by atoms with Gasteiger partial charge in [0.15, 0.2) is 5.78 Å². The van der Waals surface area contributed by atoms with E-state index >= 15 is 0 Å². The van der Waals surface area contributed by atoms with Gasteiger partial charge in [0.2, 0.25) is 0 Å². The maximum atomic E-state index is 13.1. The molecule has 0 saturated heterocycles. The Morgan fingerprint density at radius 1 is 0.944 bits per heavy atom. The maximum Gasteiger partial charge on any atom is 0.163 e. The van der Waals surface area contributed by atoms with E-state index in [1.54, 1.807) is 12.1 Å². The number of hydrogen-bond acceptors (Lipinski definition) is 1. The predicted octanol–water partition coefficient (Wildman–Crippen LogP) is 4.01. The van der Waals surface area contributed by atoms with E-state index in [2.05, 4.69) is 0 Å². The summed E-state index contributed by atoms with van der Waals surface area (Å²) in [6.07, 6.45) is 0.213. The first-order valence-corrected chi connectivity index (χ1v) is 6.00. The standard InChI is InChI=1S/C16H15FO/c17-12-15(13-7-3-1-4-8-13)11-16(18)14-9-5-2-6-10-14/h1-10,15H,11-12H2. The Balaban J connectivity index is 2.10. The largest absolute Gasteiger partial charge is 0.294 e. The number of Topliss-reactive ketones (excluding diaryl/α,β-unsaturated/α-hetero) is 1. The second-order valence-corrected chi connectivity index (χ2v) is 4.26. The number of alkyl halides is 1. The fourth-order valence-electron chi connectivity index (χ4n) is 1.95. The van der Waals surface area contributed by atoms with Gasteiger partial charge in [0.05, 0.1) is 6.67 Å². The van der Waals surface area contributed by atoms with Crippen molar-refractivity contribution in [1.29, 1.82) is 0 Å². The van der Waals surface area contributed by atoms with Crippen molar-refractivity contribution in [3.8, 4) is 0 Å². The highest BCUT2D eigenvalue weighted by Crippen LogP contribution is 2.22. The third kappa shape index (κ3) is 3.04. The van der Waals surface area contributed by atoms with E-state index in [4.69, 9.17) is 0 Å². The van der Waals surface area contributed by atoms with E-state index in [1.807, 2.05) is 48.5 Å². The maximum absolute atomic E-state index is 13.1. The van der Waals surface area contributed by atoms with Crippen LogP contribution in [-0.4, -0.2) is 12.5 Å². The zero-order chi connectivity index (χ0) is 12.8. The number of rotatable bonds is 5. The van der Waals surface area contributed by atoms with Gasteiger partial charge in [-0.2, -0.15) is 0 Å². The highest BCUT2D eigenvalue weighted by Gasteiger charge is 2.16. The minimum atomic E-state index is -0.511. The summed E-state index contributed by atoms with van der Waals surface area (Å²) in [5.41, 5.74) is 1.52. The second kappa shape index (κ2) is 6.10. The zero-order valence-electron chi connectivity index (χ0n) is 10.1. The van der Waals surface area contributed by atoms with Gasteiger partial charge in [-0.05, 0) is 5.56 Å². The third-order valence-corrected chi connectivity index (χ3v) is 2.98. The quantitative estimate of drug-likeness (QED) is 0.724. The Bertz CT molecular complexity index is 493. The molecule has 92 valence electrons. The van der Waals surface area contributed by atoms with Gasteiger partial charge in [0, 0.05) is 17.9 Å². The van der Waals surface area contributed by atoms with E-state index in [-0.39, 0.29) is 18.1 Å². The Hall–Kier alpha value is -1.96. The summed E-state index contributed by atoms with van der Waals surface area (Å²) in [5, 5.41) is 0. The van der Waals surface area contributed by atoms with E-state index < -0.39 is 6.67 Å². The summed E-state index contributed by atoms with van der Waals surface area (Å²) in [6, 6.07) is 18.4. The van der Waals surface area contributed by atoms with E-state index in [0.29, 0.717) is 5.56 Å². The molecule has 2 heteroatoms. The molecule has 0 saturated carbocycles. The summed E-state index contributed by atoms with van der Waals surface area (Å²) >= 11 is 0. The first-order chi connectivity index (χ1) is 8.81. The van der Waals surface area contributed by atoms with Gasteiger partial charge in [0.25, 0.3) is 0 Å². The Labute approximate surface area is 106 Å². The van der Waals surface area contributed by atoms with Crippen molar-refractivity contribution in [2.45, 2.75) is 12.3 Å². The average Bonchev–Trinajstić information content (AvgIpc) is 2.46. The van der Waals surface area contributed by atoms with Crippen molar-refractivity contribution in [3.05, 3.63) is 71.8 Å². The molecule has 0 radical (unpaired) electrons. The summed E-state index contributed by atoms with van der Waals surface area (Å²) in [6.45, 7) is -0.511. The van der Waals surface area contributed by atoms with Crippen molar-refractivity contribution >= 4 is 5.78 Å². The lowest BCUT2D eigenvalue weighted by Crippen LogP contribution is -2.09. The van der Waals surface area contributed by atoms with Crippen molar-refractivity contribution in [2.24, 2.45) is 0 Å². The number of benzene rings is 2. The Morgan fingerprint density at radius 2 is 1.50 bits per heavy atom. The molecule has 0 spiro atoms. The second-order valence-electron chi connectivity index (χ2n) is 4.26. The van der Waals surface area contributed by atoms with Crippen LogP contribution in [-0.2, 0) is 0 Å². The van der Waals surface area contributed by atoms with Gasteiger partial charge in [-0.3, -0.25) is 9.18 Å². The fourth-order valence-corrected chi connectivity index (χ4v) is 1.95. The molecule has 2 aromatic carbocycles. The Morgan fingerprint density at radius 3 is 2.06 bits per heavy atom. The number of ketones is 1. The van der Waals surface area contributed by atoms with E-state index in [9.17, 15) is 9.18 Å². The third-order valence-electron chi connectivity index (χ3n) is 2.98. The molecule has 0 aliphatic heterocycles. The molecule has 2 rings (SSSR count). The molecular weight excluding hydrogens is 227 g/mol. The first-order valence-electron chi connectivity index (χ1n) is 6.00. The molecule has 0 aliphatic rings. The average molecular weight is 242 g/mol. The highest BCUT2D eigenvalue weighted by molar-refractivity contribution is 5.96. The van der Waals surface area contributed by atoms with E-state index in [0.717, 1.165) is 5.56 Å². The van der Waals surface area contributed by atoms with Crippen LogP contribution in [0.25, 0.3) is 0 Å². The summed E-state index contributed by atoms with van der Waals surface area (Å²) in [4.78, 5) is 12.0. The van der Waals surface area contributed by atoms with Crippen molar-refractivity contribution < 1.29 is 9.18 Å². The summed E-state index contributed by atoms with van der Waals surface area (Å²) in [7, 11) is 0. The van der Waals surface area contributed by atoms with Crippen molar-refractivity contribution in [3.63, 3.8) is 0 Å². The lowest BCUT2D eigenvalue weighted by atomic mass is 9.93. The molecule has 18 heavy (non-hydrogen) atoms. The highest BCUT2D eigenvalue weighted by atomic mass is 19.1. The van der Waals surface area contributed by atoms with E-state index in [1.165, 1.54) is 0 Å². The van der Waals surface area contributed by atoms with Crippen LogP contribution in [0.1, 0.15) is 28.3 Å². The van der Waals surface area contributed by atoms with Crippen molar-refractivity contribution in [2.75, 3.05) is 6.67 Å². The molecule has 0 amide bonds. The van der Waals surface area contributed by atoms with Gasteiger partial charge in [-0.1, -0.05) is 60.7 Å². The van der Waals surface area contributed by atoms with Crippen molar-refractivity contribution in [1.82, 2.24) is 0 Å². The summed E-state index contributed by atoms with van der Waals surface area (Å²) in [5.74, 6) is -0.360. The number of carbonyl (C=O) groups excluding carboxylic acids is 1. The van der Waals surface area contributed by atoms with Crippen LogP contribution in [0, 0.1) is 0 Å². The number of halogens is 1. The molecule has 0 fully saturated rings. The van der Waals surface area contributed by atoms with Crippen LogP contribution in [0.4, 0.5) is 4.39 Å². The first kappa shape index (κ1) is 12.5. The topological polar surface area (TPSA) is 17.1 Å².